The Balaban J connectivity index is 5.14. The summed E-state index contributed by atoms with van der Waals surface area (Å²) in [5.41, 5.74) is 5.79. The lowest BCUT2D eigenvalue weighted by atomic mass is 9.97. The number of aliphatic carboxylic acids is 1. The van der Waals surface area contributed by atoms with Gasteiger partial charge in [-0.3, -0.25) is 14.4 Å². The number of carboxylic acid groups (broad SMARTS) is 1. The highest BCUT2D eigenvalue weighted by Crippen LogP contribution is 2.10. The minimum atomic E-state index is -1.12. The molecule has 0 bridgehead atoms. The molecule has 10 heteroatoms. The van der Waals surface area contributed by atoms with Crippen LogP contribution in [0.5, 0.6) is 0 Å². The first-order chi connectivity index (χ1) is 13.5. The van der Waals surface area contributed by atoms with Crippen LogP contribution in [0.4, 0.5) is 0 Å². The monoisotopic (exact) mass is 432 g/mol. The minimum absolute atomic E-state index is 0.0851. The van der Waals surface area contributed by atoms with E-state index in [1.165, 1.54) is 18.7 Å². The number of carbonyl (C=O) groups is 4. The maximum absolute atomic E-state index is 12.7. The standard InChI is InChI=1S/C19H36N4O5S/c1-7-11(4)15(18(26)22-13(19(27)28)8-9-29-6)23-16(24)12(5)21-17(25)14(20)10(2)3/h10-15H,7-9,20H2,1-6H3,(H,21,25)(H,22,26)(H,23,24)(H,27,28). The van der Waals surface area contributed by atoms with Crippen LogP contribution < -0.4 is 21.7 Å². The van der Waals surface area contributed by atoms with Crippen LogP contribution >= 0.6 is 11.8 Å². The number of amides is 3. The Morgan fingerprint density at radius 1 is 0.966 bits per heavy atom. The zero-order valence-electron chi connectivity index (χ0n) is 18.2. The molecule has 0 aromatic carbocycles. The molecule has 29 heavy (non-hydrogen) atoms. The van der Waals surface area contributed by atoms with Gasteiger partial charge in [0, 0.05) is 0 Å². The number of carboxylic acids is 1. The van der Waals surface area contributed by atoms with E-state index in [1.807, 2.05) is 13.2 Å². The predicted octanol–water partition coefficient (Wildman–Crippen LogP) is 0.328. The highest BCUT2D eigenvalue weighted by atomic mass is 32.2. The molecule has 0 aliphatic heterocycles. The maximum atomic E-state index is 12.7. The van der Waals surface area contributed by atoms with E-state index in [-0.39, 0.29) is 18.3 Å². The Bertz CT molecular complexity index is 573. The third kappa shape index (κ3) is 9.49. The zero-order chi connectivity index (χ0) is 22.7. The quantitative estimate of drug-likeness (QED) is 0.281. The van der Waals surface area contributed by atoms with Crippen LogP contribution in [0.1, 0.15) is 47.5 Å². The molecule has 0 aliphatic rings. The van der Waals surface area contributed by atoms with Crippen molar-refractivity contribution < 1.29 is 24.3 Å². The zero-order valence-corrected chi connectivity index (χ0v) is 19.0. The lowest BCUT2D eigenvalue weighted by Crippen LogP contribution is -2.58. The molecule has 5 atom stereocenters. The van der Waals surface area contributed by atoms with Crippen molar-refractivity contribution >= 4 is 35.5 Å². The van der Waals surface area contributed by atoms with Gasteiger partial charge in [-0.15, -0.1) is 0 Å². The van der Waals surface area contributed by atoms with Crippen molar-refractivity contribution in [1.29, 1.82) is 0 Å². The summed E-state index contributed by atoms with van der Waals surface area (Å²) in [5.74, 6) is -2.39. The lowest BCUT2D eigenvalue weighted by molar-refractivity contribution is -0.142. The number of nitrogens with two attached hydrogens (primary N) is 1. The average molecular weight is 433 g/mol. The fourth-order valence-electron chi connectivity index (χ4n) is 2.41. The second-order valence-corrected chi connectivity index (χ2v) is 8.54. The predicted molar refractivity (Wildman–Crippen MR) is 114 cm³/mol. The van der Waals surface area contributed by atoms with Gasteiger partial charge in [-0.2, -0.15) is 11.8 Å². The van der Waals surface area contributed by atoms with Crippen molar-refractivity contribution in [3.8, 4) is 0 Å². The van der Waals surface area contributed by atoms with Crippen LogP contribution in [0, 0.1) is 11.8 Å². The summed E-state index contributed by atoms with van der Waals surface area (Å²) < 4.78 is 0. The molecule has 0 aromatic rings. The number of hydrogen-bond donors (Lipinski definition) is 5. The summed E-state index contributed by atoms with van der Waals surface area (Å²) in [7, 11) is 0. The largest absolute Gasteiger partial charge is 0.480 e. The second-order valence-electron chi connectivity index (χ2n) is 7.55. The van der Waals surface area contributed by atoms with E-state index in [4.69, 9.17) is 5.73 Å². The molecule has 168 valence electrons. The van der Waals surface area contributed by atoms with Crippen molar-refractivity contribution in [3.63, 3.8) is 0 Å². The Morgan fingerprint density at radius 3 is 2.00 bits per heavy atom. The van der Waals surface area contributed by atoms with Gasteiger partial charge < -0.3 is 26.8 Å². The molecule has 0 rings (SSSR count). The molecule has 5 unspecified atom stereocenters. The van der Waals surface area contributed by atoms with Gasteiger partial charge in [-0.25, -0.2) is 4.79 Å². The lowest BCUT2D eigenvalue weighted by Gasteiger charge is -2.27. The molecule has 0 aliphatic carbocycles. The van der Waals surface area contributed by atoms with Gasteiger partial charge in [0.1, 0.15) is 18.1 Å². The summed E-state index contributed by atoms with van der Waals surface area (Å²) in [4.78, 5) is 48.7. The molecule has 9 nitrogen and oxygen atoms in total. The SMILES string of the molecule is CCC(C)C(NC(=O)C(C)NC(=O)C(N)C(C)C)C(=O)NC(CCSC)C(=O)O. The summed E-state index contributed by atoms with van der Waals surface area (Å²) in [5, 5.41) is 17.0. The van der Waals surface area contributed by atoms with Gasteiger partial charge in [0.05, 0.1) is 6.04 Å². The average Bonchev–Trinajstić information content (AvgIpc) is 2.66. The molecule has 0 saturated carbocycles. The first kappa shape index (κ1) is 27.2. The molecule has 6 N–H and O–H groups in total. The van der Waals surface area contributed by atoms with Crippen LogP contribution in [0.3, 0.4) is 0 Å². The van der Waals surface area contributed by atoms with Crippen LogP contribution in [-0.2, 0) is 19.2 Å². The Labute approximate surface area is 177 Å². The fourth-order valence-corrected chi connectivity index (χ4v) is 2.88. The molecule has 0 spiro atoms. The Kier molecular flexibility index (Phi) is 12.6. The highest BCUT2D eigenvalue weighted by Gasteiger charge is 2.31. The van der Waals surface area contributed by atoms with E-state index in [0.717, 1.165) is 0 Å². The van der Waals surface area contributed by atoms with Gasteiger partial charge in [0.2, 0.25) is 17.7 Å². The molecule has 0 radical (unpaired) electrons. The van der Waals surface area contributed by atoms with Crippen LogP contribution in [0.15, 0.2) is 0 Å². The maximum Gasteiger partial charge on any atom is 0.326 e. The van der Waals surface area contributed by atoms with Crippen LogP contribution in [0.2, 0.25) is 0 Å². The van der Waals surface area contributed by atoms with E-state index in [0.29, 0.717) is 12.2 Å². The highest BCUT2D eigenvalue weighted by molar-refractivity contribution is 7.98. The van der Waals surface area contributed by atoms with Crippen molar-refractivity contribution in [3.05, 3.63) is 0 Å². The van der Waals surface area contributed by atoms with Crippen molar-refractivity contribution in [2.75, 3.05) is 12.0 Å². The van der Waals surface area contributed by atoms with Gasteiger partial charge in [-0.1, -0.05) is 34.1 Å². The number of hydrogen-bond acceptors (Lipinski definition) is 6. The Hall–Kier alpha value is -1.81. The first-order valence-corrected chi connectivity index (χ1v) is 11.2. The second kappa shape index (κ2) is 13.4. The van der Waals surface area contributed by atoms with Crippen LogP contribution in [0.25, 0.3) is 0 Å². The normalized spacial score (nSPS) is 16.3. The summed E-state index contributed by atoms with van der Waals surface area (Å²) >= 11 is 1.48. The molecule has 0 aromatic heterocycles. The van der Waals surface area contributed by atoms with Crippen molar-refractivity contribution in [2.24, 2.45) is 17.6 Å². The fraction of sp³-hybridized carbons (Fsp3) is 0.789. The van der Waals surface area contributed by atoms with E-state index >= 15 is 0 Å². The van der Waals surface area contributed by atoms with E-state index in [1.54, 1.807) is 20.8 Å². The summed E-state index contributed by atoms with van der Waals surface area (Å²) in [6.07, 6.45) is 2.73. The number of carbonyl (C=O) groups excluding carboxylic acids is 3. The van der Waals surface area contributed by atoms with Gasteiger partial charge in [0.15, 0.2) is 0 Å². The van der Waals surface area contributed by atoms with E-state index in [2.05, 4.69) is 16.0 Å². The third-order valence-corrected chi connectivity index (χ3v) is 5.44. The van der Waals surface area contributed by atoms with Gasteiger partial charge >= 0.3 is 5.97 Å². The molecule has 3 amide bonds. The van der Waals surface area contributed by atoms with Crippen LogP contribution in [-0.4, -0.2) is 65.0 Å². The topological polar surface area (TPSA) is 151 Å². The molecular weight excluding hydrogens is 396 g/mol. The smallest absolute Gasteiger partial charge is 0.326 e. The minimum Gasteiger partial charge on any atom is -0.480 e. The summed E-state index contributed by atoms with van der Waals surface area (Å²) in [6.45, 7) is 8.76. The van der Waals surface area contributed by atoms with E-state index < -0.39 is 47.9 Å². The van der Waals surface area contributed by atoms with Crippen molar-refractivity contribution in [2.45, 2.75) is 71.6 Å². The van der Waals surface area contributed by atoms with E-state index in [9.17, 15) is 24.3 Å². The van der Waals surface area contributed by atoms with Crippen molar-refractivity contribution in [1.82, 2.24) is 16.0 Å². The first-order valence-electron chi connectivity index (χ1n) is 9.84. The number of rotatable bonds is 13. The van der Waals surface area contributed by atoms with Gasteiger partial charge in [0.25, 0.3) is 0 Å². The number of thioether (sulfide) groups is 1. The molecular formula is C19H36N4O5S. The van der Waals surface area contributed by atoms with Gasteiger partial charge in [-0.05, 0) is 37.2 Å². The summed E-state index contributed by atoms with van der Waals surface area (Å²) in [6, 6.07) is -3.58. The Morgan fingerprint density at radius 2 is 1.55 bits per heavy atom. The third-order valence-electron chi connectivity index (χ3n) is 4.79. The molecule has 0 fully saturated rings. The molecule has 0 saturated heterocycles. The number of nitrogens with one attached hydrogen (secondary N) is 3. The molecule has 0 heterocycles.